The van der Waals surface area contributed by atoms with Gasteiger partial charge in [0.05, 0.1) is 19.6 Å². The summed E-state index contributed by atoms with van der Waals surface area (Å²) in [5, 5.41) is 0. The van der Waals surface area contributed by atoms with Gasteiger partial charge in [0, 0.05) is 19.6 Å². The van der Waals surface area contributed by atoms with Crippen LogP contribution in [0.2, 0.25) is 0 Å². The van der Waals surface area contributed by atoms with Crippen molar-refractivity contribution < 1.29 is 9.53 Å². The van der Waals surface area contributed by atoms with Crippen molar-refractivity contribution in [2.75, 3.05) is 19.8 Å². The number of hydrogen-bond donors (Lipinski definition) is 1. The Morgan fingerprint density at radius 3 is 1.87 bits per heavy atom. The molecule has 0 radical (unpaired) electrons. The van der Waals surface area contributed by atoms with Crippen molar-refractivity contribution in [1.82, 2.24) is 4.90 Å². The lowest BCUT2D eigenvalue weighted by Gasteiger charge is -2.23. The van der Waals surface area contributed by atoms with Gasteiger partial charge in [-0.25, -0.2) is 0 Å². The van der Waals surface area contributed by atoms with Crippen LogP contribution in [0.15, 0.2) is 60.7 Å². The smallest absolute Gasteiger partial charge is 0.225 e. The summed E-state index contributed by atoms with van der Waals surface area (Å²) in [5.41, 5.74) is 7.64. The van der Waals surface area contributed by atoms with E-state index < -0.39 is 0 Å². The lowest BCUT2D eigenvalue weighted by molar-refractivity contribution is -0.133. The van der Waals surface area contributed by atoms with Crippen molar-refractivity contribution in [3.05, 3.63) is 71.8 Å². The normalized spacial score (nSPS) is 10.5. The van der Waals surface area contributed by atoms with Crippen LogP contribution in [0, 0.1) is 0 Å². The van der Waals surface area contributed by atoms with Gasteiger partial charge in [-0.1, -0.05) is 60.7 Å². The van der Waals surface area contributed by atoms with Crippen LogP contribution in [-0.4, -0.2) is 30.6 Å². The van der Waals surface area contributed by atoms with E-state index in [9.17, 15) is 4.79 Å². The molecule has 0 bridgehead atoms. The van der Waals surface area contributed by atoms with E-state index in [1.54, 1.807) is 0 Å². The quantitative estimate of drug-likeness (QED) is 0.724. The molecule has 0 aliphatic heterocycles. The highest BCUT2D eigenvalue weighted by atomic mass is 16.5. The van der Waals surface area contributed by atoms with Crippen LogP contribution in [0.4, 0.5) is 0 Å². The molecule has 0 fully saturated rings. The third-order valence-corrected chi connectivity index (χ3v) is 3.51. The monoisotopic (exact) mass is 312 g/mol. The minimum Gasteiger partial charge on any atom is -0.380 e. The molecule has 23 heavy (non-hydrogen) atoms. The Morgan fingerprint density at radius 1 is 0.870 bits per heavy atom. The van der Waals surface area contributed by atoms with Gasteiger partial charge in [0.25, 0.3) is 0 Å². The third kappa shape index (κ3) is 6.22. The molecule has 0 spiro atoms. The van der Waals surface area contributed by atoms with Crippen LogP contribution in [0.5, 0.6) is 0 Å². The van der Waals surface area contributed by atoms with Crippen LogP contribution in [0.3, 0.4) is 0 Å². The van der Waals surface area contributed by atoms with E-state index in [0.717, 1.165) is 11.1 Å². The Bertz CT molecular complexity index is 531. The number of benzene rings is 2. The Hall–Kier alpha value is -2.17. The van der Waals surface area contributed by atoms with Crippen molar-refractivity contribution in [2.24, 2.45) is 5.73 Å². The first-order chi connectivity index (χ1) is 11.3. The van der Waals surface area contributed by atoms with Gasteiger partial charge < -0.3 is 15.4 Å². The van der Waals surface area contributed by atoms with Crippen LogP contribution >= 0.6 is 0 Å². The molecule has 4 heteroatoms. The molecular formula is C19H24N2O2. The predicted molar refractivity (Wildman–Crippen MR) is 91.6 cm³/mol. The zero-order valence-corrected chi connectivity index (χ0v) is 13.4. The summed E-state index contributed by atoms with van der Waals surface area (Å²) >= 11 is 0. The molecule has 0 aliphatic carbocycles. The maximum Gasteiger partial charge on any atom is 0.225 e. The minimum atomic E-state index is 0.0923. The Kier molecular flexibility index (Phi) is 7.30. The highest BCUT2D eigenvalue weighted by Gasteiger charge is 2.14. The van der Waals surface area contributed by atoms with Crippen molar-refractivity contribution in [2.45, 2.75) is 19.5 Å². The average molecular weight is 312 g/mol. The highest BCUT2D eigenvalue weighted by molar-refractivity contribution is 5.76. The molecule has 0 unspecified atom stereocenters. The standard InChI is InChI=1S/C19H24N2O2/c20-12-14-23-13-11-19(22)21(15-17-7-3-1-4-8-17)16-18-9-5-2-6-10-18/h1-10H,11-16,20H2. The van der Waals surface area contributed by atoms with E-state index in [-0.39, 0.29) is 5.91 Å². The summed E-state index contributed by atoms with van der Waals surface area (Å²) in [6.45, 7) is 2.59. The molecule has 122 valence electrons. The molecule has 0 saturated carbocycles. The number of nitrogens with zero attached hydrogens (tertiary/aromatic N) is 1. The van der Waals surface area contributed by atoms with Gasteiger partial charge in [0.1, 0.15) is 0 Å². The Labute approximate surface area is 137 Å². The number of hydrogen-bond acceptors (Lipinski definition) is 3. The lowest BCUT2D eigenvalue weighted by Crippen LogP contribution is -2.31. The second-order valence-electron chi connectivity index (χ2n) is 5.37. The molecule has 2 aromatic carbocycles. The van der Waals surface area contributed by atoms with Gasteiger partial charge in [-0.15, -0.1) is 0 Å². The number of amides is 1. The summed E-state index contributed by atoms with van der Waals surface area (Å²) < 4.78 is 5.33. The van der Waals surface area contributed by atoms with Crippen molar-refractivity contribution >= 4 is 5.91 Å². The molecule has 0 atom stereocenters. The zero-order chi connectivity index (χ0) is 16.3. The maximum absolute atomic E-state index is 12.5. The fraction of sp³-hybridized carbons (Fsp3) is 0.316. The van der Waals surface area contributed by atoms with E-state index in [2.05, 4.69) is 0 Å². The van der Waals surface area contributed by atoms with Crippen LogP contribution in [-0.2, 0) is 22.6 Å². The number of carbonyl (C=O) groups is 1. The molecule has 0 aromatic heterocycles. The predicted octanol–water partition coefficient (Wildman–Crippen LogP) is 2.58. The lowest BCUT2D eigenvalue weighted by atomic mass is 10.1. The van der Waals surface area contributed by atoms with E-state index in [1.165, 1.54) is 0 Å². The van der Waals surface area contributed by atoms with E-state index in [4.69, 9.17) is 10.5 Å². The van der Waals surface area contributed by atoms with Gasteiger partial charge in [-0.3, -0.25) is 4.79 Å². The number of nitrogens with two attached hydrogens (primary N) is 1. The van der Waals surface area contributed by atoms with Crippen LogP contribution < -0.4 is 5.73 Å². The number of rotatable bonds is 9. The summed E-state index contributed by atoms with van der Waals surface area (Å²) in [5.74, 6) is 0.0923. The summed E-state index contributed by atoms with van der Waals surface area (Å²) in [7, 11) is 0. The van der Waals surface area contributed by atoms with E-state index in [0.29, 0.717) is 39.3 Å². The average Bonchev–Trinajstić information content (AvgIpc) is 2.60. The molecule has 4 nitrogen and oxygen atoms in total. The SMILES string of the molecule is NCCOCCC(=O)N(Cc1ccccc1)Cc1ccccc1. The number of carbonyl (C=O) groups excluding carboxylic acids is 1. The molecule has 1 amide bonds. The van der Waals surface area contributed by atoms with E-state index >= 15 is 0 Å². The number of ether oxygens (including phenoxy) is 1. The molecule has 0 saturated heterocycles. The topological polar surface area (TPSA) is 55.6 Å². The maximum atomic E-state index is 12.5. The third-order valence-electron chi connectivity index (χ3n) is 3.51. The first-order valence-electron chi connectivity index (χ1n) is 7.93. The largest absolute Gasteiger partial charge is 0.380 e. The van der Waals surface area contributed by atoms with Gasteiger partial charge >= 0.3 is 0 Å². The molecule has 0 heterocycles. The summed E-state index contributed by atoms with van der Waals surface area (Å²) in [6, 6.07) is 20.1. The second-order valence-corrected chi connectivity index (χ2v) is 5.37. The van der Waals surface area contributed by atoms with Crippen LogP contribution in [0.25, 0.3) is 0 Å². The molecular weight excluding hydrogens is 288 g/mol. The molecule has 2 rings (SSSR count). The minimum absolute atomic E-state index is 0.0923. The van der Waals surface area contributed by atoms with Crippen molar-refractivity contribution in [3.8, 4) is 0 Å². The molecule has 0 aliphatic rings. The summed E-state index contributed by atoms with van der Waals surface area (Å²) in [6.07, 6.45) is 0.375. The Balaban J connectivity index is 2.00. The molecule has 2 aromatic rings. The zero-order valence-electron chi connectivity index (χ0n) is 13.4. The fourth-order valence-electron chi connectivity index (χ4n) is 2.34. The van der Waals surface area contributed by atoms with Crippen molar-refractivity contribution in [3.63, 3.8) is 0 Å². The Morgan fingerprint density at radius 2 is 1.39 bits per heavy atom. The van der Waals surface area contributed by atoms with Crippen molar-refractivity contribution in [1.29, 1.82) is 0 Å². The van der Waals surface area contributed by atoms with E-state index in [1.807, 2.05) is 65.6 Å². The van der Waals surface area contributed by atoms with Crippen LogP contribution in [0.1, 0.15) is 17.5 Å². The van der Waals surface area contributed by atoms with Gasteiger partial charge in [0.15, 0.2) is 0 Å². The highest BCUT2D eigenvalue weighted by Crippen LogP contribution is 2.11. The molecule has 2 N–H and O–H groups in total. The fourth-order valence-corrected chi connectivity index (χ4v) is 2.34. The second kappa shape index (κ2) is 9.77. The van der Waals surface area contributed by atoms with Gasteiger partial charge in [0.2, 0.25) is 5.91 Å². The van der Waals surface area contributed by atoms with Gasteiger partial charge in [-0.05, 0) is 11.1 Å². The summed E-state index contributed by atoms with van der Waals surface area (Å²) in [4.78, 5) is 14.4. The van der Waals surface area contributed by atoms with Gasteiger partial charge in [-0.2, -0.15) is 0 Å². The first-order valence-corrected chi connectivity index (χ1v) is 7.93. The first kappa shape index (κ1) is 17.2.